The van der Waals surface area contributed by atoms with Crippen molar-refractivity contribution >= 4 is 11.7 Å². The van der Waals surface area contributed by atoms with E-state index in [1.54, 1.807) is 12.3 Å². The third-order valence-corrected chi connectivity index (χ3v) is 4.53. The Bertz CT molecular complexity index is 1410. The SMILES string of the molecule is Cc1cccc(COc2nc(=NC3CC3)n3ncc(=Cc4[nH]c(=O)[nH]c4O)c3n2)n1. The molecule has 0 amide bonds. The molecule has 4 aromatic heterocycles. The van der Waals surface area contributed by atoms with Crippen LogP contribution >= 0.6 is 0 Å². The maximum Gasteiger partial charge on any atom is 0.326 e. The molecule has 0 aromatic carbocycles. The molecule has 0 unspecified atom stereocenters. The number of aryl methyl sites for hydroxylation is 1. The molecule has 4 heterocycles. The highest BCUT2D eigenvalue weighted by Gasteiger charge is 2.21. The molecule has 0 spiro atoms. The highest BCUT2D eigenvalue weighted by Crippen LogP contribution is 2.22. The van der Waals surface area contributed by atoms with E-state index in [0.29, 0.717) is 16.5 Å². The minimum absolute atomic E-state index is 0.146. The number of aromatic amines is 2. The Morgan fingerprint density at radius 3 is 2.90 bits per heavy atom. The van der Waals surface area contributed by atoms with Crippen molar-refractivity contribution in [1.29, 1.82) is 0 Å². The Balaban J connectivity index is 1.59. The van der Waals surface area contributed by atoms with Gasteiger partial charge in [0.2, 0.25) is 5.88 Å². The van der Waals surface area contributed by atoms with Crippen molar-refractivity contribution in [2.45, 2.75) is 32.4 Å². The molecule has 0 saturated heterocycles. The second-order valence-electron chi connectivity index (χ2n) is 7.05. The molecule has 0 radical (unpaired) electrons. The Hall–Kier alpha value is -4.02. The molecular formula is C19H18N8O3. The van der Waals surface area contributed by atoms with Crippen LogP contribution in [0.15, 0.2) is 34.2 Å². The predicted octanol–water partition coefficient (Wildman–Crippen LogP) is -0.260. The second-order valence-corrected chi connectivity index (χ2v) is 7.05. The summed E-state index contributed by atoms with van der Waals surface area (Å²) >= 11 is 0. The van der Waals surface area contributed by atoms with Gasteiger partial charge in [0.15, 0.2) is 5.65 Å². The second kappa shape index (κ2) is 7.10. The number of aromatic hydroxyl groups is 1. The van der Waals surface area contributed by atoms with Gasteiger partial charge in [-0.1, -0.05) is 6.07 Å². The van der Waals surface area contributed by atoms with Crippen LogP contribution in [0.3, 0.4) is 0 Å². The predicted molar refractivity (Wildman–Crippen MR) is 105 cm³/mol. The van der Waals surface area contributed by atoms with E-state index in [1.165, 1.54) is 4.52 Å². The summed E-state index contributed by atoms with van der Waals surface area (Å²) in [5.41, 5.74) is 2.20. The van der Waals surface area contributed by atoms with Gasteiger partial charge in [0, 0.05) is 10.9 Å². The third-order valence-electron chi connectivity index (χ3n) is 4.53. The first kappa shape index (κ1) is 18.0. The number of nitrogens with one attached hydrogen (secondary N) is 2. The van der Waals surface area contributed by atoms with Gasteiger partial charge in [0.05, 0.1) is 17.9 Å². The van der Waals surface area contributed by atoms with E-state index in [1.807, 2.05) is 25.1 Å². The molecule has 5 rings (SSSR count). The highest BCUT2D eigenvalue weighted by atomic mass is 16.5. The van der Waals surface area contributed by atoms with Crippen LogP contribution in [0.5, 0.6) is 11.9 Å². The summed E-state index contributed by atoms with van der Waals surface area (Å²) in [6.45, 7) is 2.12. The van der Waals surface area contributed by atoms with E-state index in [-0.39, 0.29) is 30.2 Å². The van der Waals surface area contributed by atoms with E-state index in [0.717, 1.165) is 24.2 Å². The average Bonchev–Trinajstić information content (AvgIpc) is 3.35. The maximum absolute atomic E-state index is 11.4. The van der Waals surface area contributed by atoms with Gasteiger partial charge in [-0.15, -0.1) is 0 Å². The molecule has 1 aliphatic rings. The van der Waals surface area contributed by atoms with Crippen molar-refractivity contribution in [3.63, 3.8) is 0 Å². The number of hydrogen-bond donors (Lipinski definition) is 3. The molecule has 1 fully saturated rings. The van der Waals surface area contributed by atoms with E-state index in [4.69, 9.17) is 4.74 Å². The lowest BCUT2D eigenvalue weighted by atomic mass is 10.3. The number of pyridine rings is 1. The van der Waals surface area contributed by atoms with Crippen molar-refractivity contribution in [3.8, 4) is 11.9 Å². The van der Waals surface area contributed by atoms with E-state index in [2.05, 4.69) is 35.0 Å². The lowest BCUT2D eigenvalue weighted by molar-refractivity contribution is 0.274. The molecule has 0 atom stereocenters. The van der Waals surface area contributed by atoms with E-state index < -0.39 is 5.69 Å². The van der Waals surface area contributed by atoms with Crippen molar-refractivity contribution in [3.05, 3.63) is 62.8 Å². The van der Waals surface area contributed by atoms with Gasteiger partial charge >= 0.3 is 11.7 Å². The first-order valence-electron chi connectivity index (χ1n) is 9.43. The molecule has 30 heavy (non-hydrogen) atoms. The summed E-state index contributed by atoms with van der Waals surface area (Å²) in [5, 5.41) is 14.7. The molecule has 1 saturated carbocycles. The number of aromatic nitrogens is 7. The number of ether oxygens (including phenoxy) is 1. The fourth-order valence-electron chi connectivity index (χ4n) is 2.94. The summed E-state index contributed by atoms with van der Waals surface area (Å²) in [4.78, 5) is 34.1. The van der Waals surface area contributed by atoms with Crippen LogP contribution in [0, 0.1) is 6.92 Å². The summed E-state index contributed by atoms with van der Waals surface area (Å²) in [6.07, 6.45) is 5.14. The zero-order valence-corrected chi connectivity index (χ0v) is 16.0. The van der Waals surface area contributed by atoms with Crippen molar-refractivity contribution in [2.75, 3.05) is 0 Å². The Labute approximate surface area is 168 Å². The number of hydrogen-bond acceptors (Lipinski definition) is 8. The number of imidazole rings is 1. The van der Waals surface area contributed by atoms with Crippen LogP contribution in [0.4, 0.5) is 0 Å². The smallest absolute Gasteiger partial charge is 0.326 e. The first-order valence-corrected chi connectivity index (χ1v) is 9.43. The molecule has 0 bridgehead atoms. The van der Waals surface area contributed by atoms with Gasteiger partial charge in [0.1, 0.15) is 12.3 Å². The summed E-state index contributed by atoms with van der Waals surface area (Å²) in [6, 6.07) is 6.05. The summed E-state index contributed by atoms with van der Waals surface area (Å²) in [5.74, 6) is -0.265. The molecular weight excluding hydrogens is 388 g/mol. The average molecular weight is 406 g/mol. The van der Waals surface area contributed by atoms with Crippen LogP contribution in [0.2, 0.25) is 0 Å². The minimum atomic E-state index is -0.510. The van der Waals surface area contributed by atoms with E-state index in [9.17, 15) is 9.90 Å². The van der Waals surface area contributed by atoms with Crippen molar-refractivity contribution < 1.29 is 9.84 Å². The highest BCUT2D eigenvalue weighted by molar-refractivity contribution is 5.56. The van der Waals surface area contributed by atoms with Gasteiger partial charge in [-0.3, -0.25) is 9.97 Å². The minimum Gasteiger partial charge on any atom is -0.493 e. The van der Waals surface area contributed by atoms with Crippen LogP contribution in [0.25, 0.3) is 11.7 Å². The molecule has 11 heteroatoms. The summed E-state index contributed by atoms with van der Waals surface area (Å²) in [7, 11) is 0. The first-order chi connectivity index (χ1) is 14.5. The molecule has 152 valence electrons. The van der Waals surface area contributed by atoms with Crippen molar-refractivity contribution in [2.24, 2.45) is 4.99 Å². The Morgan fingerprint density at radius 2 is 2.17 bits per heavy atom. The number of H-pyrrole nitrogens is 2. The molecule has 0 aliphatic heterocycles. The quantitative estimate of drug-likeness (QED) is 0.414. The topological polar surface area (TPSA) is 146 Å². The molecule has 4 aromatic rings. The monoisotopic (exact) mass is 406 g/mol. The van der Waals surface area contributed by atoms with Crippen LogP contribution in [0.1, 0.15) is 29.9 Å². The zero-order chi connectivity index (χ0) is 20.7. The molecule has 11 nitrogen and oxygen atoms in total. The Kier molecular flexibility index (Phi) is 4.27. The largest absolute Gasteiger partial charge is 0.493 e. The summed E-state index contributed by atoms with van der Waals surface area (Å²) < 4.78 is 7.30. The van der Waals surface area contributed by atoms with Crippen molar-refractivity contribution in [1.82, 2.24) is 34.5 Å². The van der Waals surface area contributed by atoms with Gasteiger partial charge in [0.25, 0.3) is 5.62 Å². The number of rotatable bonds is 5. The fourth-order valence-corrected chi connectivity index (χ4v) is 2.94. The third kappa shape index (κ3) is 3.64. The van der Waals surface area contributed by atoms with Crippen LogP contribution in [-0.2, 0) is 6.61 Å². The maximum atomic E-state index is 11.4. The van der Waals surface area contributed by atoms with Crippen LogP contribution in [-0.4, -0.2) is 45.7 Å². The normalized spacial score (nSPS) is 15.2. The zero-order valence-electron chi connectivity index (χ0n) is 16.0. The standard InChI is InChI=1S/C19H18N8O3/c1-10-3-2-4-13(21-10)9-30-19-24-15-11(7-14-16(28)25-18(29)23-14)8-20-27(15)17(26-19)22-12-5-6-12/h2-4,7-8,12,28H,5-6,9H2,1H3,(H2,23,25,29). The number of nitrogens with zero attached hydrogens (tertiary/aromatic N) is 6. The van der Waals surface area contributed by atoms with Gasteiger partial charge < -0.3 is 14.8 Å². The van der Waals surface area contributed by atoms with Crippen LogP contribution < -0.4 is 21.3 Å². The van der Waals surface area contributed by atoms with Gasteiger partial charge in [-0.25, -0.2) is 9.79 Å². The van der Waals surface area contributed by atoms with Gasteiger partial charge in [-0.05, 0) is 38.0 Å². The number of fused-ring (bicyclic) bond motifs is 1. The lowest BCUT2D eigenvalue weighted by Crippen LogP contribution is -2.24. The van der Waals surface area contributed by atoms with E-state index >= 15 is 0 Å². The lowest BCUT2D eigenvalue weighted by Gasteiger charge is -2.05. The van der Waals surface area contributed by atoms with Gasteiger partial charge in [-0.2, -0.15) is 19.6 Å². The Morgan fingerprint density at radius 1 is 1.30 bits per heavy atom. The molecule has 3 N–H and O–H groups in total. The molecule has 1 aliphatic carbocycles. The fraction of sp³-hybridized carbons (Fsp3) is 0.263.